The Hall–Kier alpha value is -1.78. The van der Waals surface area contributed by atoms with Crippen molar-refractivity contribution < 1.29 is 0 Å². The molecule has 0 aromatic carbocycles. The molecule has 1 atom stereocenters. The Morgan fingerprint density at radius 3 is 2.65 bits per heavy atom. The second kappa shape index (κ2) is 8.18. The van der Waals surface area contributed by atoms with Gasteiger partial charge in [-0.15, -0.1) is 0 Å². The number of nitrogens with zero attached hydrogens (tertiary/aromatic N) is 3. The molecule has 3 heterocycles. The van der Waals surface area contributed by atoms with Crippen LogP contribution in [0.25, 0.3) is 0 Å². The molecule has 0 aliphatic carbocycles. The van der Waals surface area contributed by atoms with E-state index in [4.69, 9.17) is 0 Å². The molecule has 1 fully saturated rings. The average Bonchev–Trinajstić information content (AvgIpc) is 2.86. The average molecular weight is 310 g/mol. The topological polar surface area (TPSA) is 41.1 Å². The van der Waals surface area contributed by atoms with E-state index in [1.165, 1.54) is 24.8 Å². The van der Waals surface area contributed by atoms with Crippen molar-refractivity contribution in [2.24, 2.45) is 0 Å². The summed E-state index contributed by atoms with van der Waals surface area (Å²) in [5.41, 5.74) is 3.49. The second-order valence-corrected chi connectivity index (χ2v) is 6.39. The monoisotopic (exact) mass is 310 g/mol. The highest BCUT2D eigenvalue weighted by Crippen LogP contribution is 2.18. The Morgan fingerprint density at radius 1 is 1.04 bits per heavy atom. The highest BCUT2D eigenvalue weighted by Gasteiger charge is 2.21. The van der Waals surface area contributed by atoms with Crippen LogP contribution in [0.4, 0.5) is 0 Å². The zero-order valence-electron chi connectivity index (χ0n) is 13.9. The van der Waals surface area contributed by atoms with Gasteiger partial charge in [0.15, 0.2) is 0 Å². The van der Waals surface area contributed by atoms with Crippen LogP contribution in [0, 0.1) is 6.92 Å². The number of nitrogens with one attached hydrogen (secondary N) is 1. The van der Waals surface area contributed by atoms with Gasteiger partial charge in [-0.05, 0) is 63.0 Å². The summed E-state index contributed by atoms with van der Waals surface area (Å²) in [5, 5.41) is 3.51. The van der Waals surface area contributed by atoms with Crippen LogP contribution < -0.4 is 5.32 Å². The third-order valence-corrected chi connectivity index (χ3v) is 4.49. The van der Waals surface area contributed by atoms with Gasteiger partial charge in [0.2, 0.25) is 0 Å². The maximum atomic E-state index is 4.60. The molecule has 1 unspecified atom stereocenters. The first kappa shape index (κ1) is 16.1. The molecule has 23 heavy (non-hydrogen) atoms. The van der Waals surface area contributed by atoms with E-state index >= 15 is 0 Å². The lowest BCUT2D eigenvalue weighted by Gasteiger charge is -2.30. The molecule has 0 radical (unpaired) electrons. The summed E-state index contributed by atoms with van der Waals surface area (Å²) in [5.74, 6) is 0. The molecule has 1 N–H and O–H groups in total. The van der Waals surface area contributed by atoms with Gasteiger partial charge in [-0.1, -0.05) is 12.1 Å². The minimum absolute atomic E-state index is 0.593. The molecule has 1 aliphatic heterocycles. The van der Waals surface area contributed by atoms with Gasteiger partial charge in [-0.25, -0.2) is 0 Å². The third-order valence-electron chi connectivity index (χ3n) is 4.49. The molecular formula is C19H26N4. The second-order valence-electron chi connectivity index (χ2n) is 6.39. The maximum absolute atomic E-state index is 4.60. The summed E-state index contributed by atoms with van der Waals surface area (Å²) < 4.78 is 0. The first-order valence-corrected chi connectivity index (χ1v) is 8.57. The van der Waals surface area contributed by atoms with E-state index in [9.17, 15) is 0 Å². The molecule has 2 aromatic heterocycles. The molecule has 4 nitrogen and oxygen atoms in total. The molecule has 1 saturated heterocycles. The number of aryl methyl sites for hydroxylation is 1. The molecule has 1 aliphatic rings. The molecule has 4 heteroatoms. The third kappa shape index (κ3) is 4.85. The van der Waals surface area contributed by atoms with E-state index in [2.05, 4.69) is 51.4 Å². The first-order chi connectivity index (χ1) is 11.3. The van der Waals surface area contributed by atoms with E-state index in [0.717, 1.165) is 37.6 Å². The Labute approximate surface area is 139 Å². The molecule has 0 spiro atoms. The molecular weight excluding hydrogens is 284 g/mol. The van der Waals surface area contributed by atoms with E-state index in [0.29, 0.717) is 6.04 Å². The van der Waals surface area contributed by atoms with Crippen molar-refractivity contribution in [3.8, 4) is 0 Å². The van der Waals surface area contributed by atoms with Crippen LogP contribution in [0.15, 0.2) is 42.7 Å². The minimum Gasteiger partial charge on any atom is -0.317 e. The van der Waals surface area contributed by atoms with Crippen molar-refractivity contribution in [3.05, 3.63) is 59.7 Å². The van der Waals surface area contributed by atoms with Gasteiger partial charge in [0.1, 0.15) is 0 Å². The number of hydrogen-bond acceptors (Lipinski definition) is 4. The highest BCUT2D eigenvalue weighted by atomic mass is 15.2. The Kier molecular flexibility index (Phi) is 5.72. The van der Waals surface area contributed by atoms with Gasteiger partial charge in [0.05, 0.1) is 11.4 Å². The highest BCUT2D eigenvalue weighted by molar-refractivity contribution is 5.12. The zero-order chi connectivity index (χ0) is 15.9. The van der Waals surface area contributed by atoms with E-state index < -0.39 is 0 Å². The van der Waals surface area contributed by atoms with E-state index in [-0.39, 0.29) is 0 Å². The van der Waals surface area contributed by atoms with E-state index in [1.54, 1.807) is 0 Å². The number of aromatic nitrogens is 2. The molecule has 122 valence electrons. The van der Waals surface area contributed by atoms with Gasteiger partial charge in [0.25, 0.3) is 0 Å². The lowest BCUT2D eigenvalue weighted by atomic mass is 10.1. The lowest BCUT2D eigenvalue weighted by Crippen LogP contribution is -2.35. The number of hydrogen-bond donors (Lipinski definition) is 1. The van der Waals surface area contributed by atoms with Crippen molar-refractivity contribution in [2.45, 2.75) is 45.3 Å². The van der Waals surface area contributed by atoms with Crippen molar-refractivity contribution >= 4 is 0 Å². The van der Waals surface area contributed by atoms with Gasteiger partial charge in [-0.3, -0.25) is 14.9 Å². The van der Waals surface area contributed by atoms with Crippen LogP contribution in [0.2, 0.25) is 0 Å². The van der Waals surface area contributed by atoms with Gasteiger partial charge in [0, 0.05) is 31.5 Å². The Bertz CT molecular complexity index is 574. The van der Waals surface area contributed by atoms with Gasteiger partial charge < -0.3 is 5.32 Å². The van der Waals surface area contributed by atoms with Crippen LogP contribution >= 0.6 is 0 Å². The molecule has 2 aromatic rings. The number of pyridine rings is 2. The quantitative estimate of drug-likeness (QED) is 0.922. The van der Waals surface area contributed by atoms with Crippen molar-refractivity contribution in [3.63, 3.8) is 0 Å². The van der Waals surface area contributed by atoms with Crippen molar-refractivity contribution in [2.75, 3.05) is 13.1 Å². The summed E-state index contributed by atoms with van der Waals surface area (Å²) >= 11 is 0. The summed E-state index contributed by atoms with van der Waals surface area (Å²) in [7, 11) is 0. The largest absolute Gasteiger partial charge is 0.317 e. The lowest BCUT2D eigenvalue weighted by molar-refractivity contribution is 0.160. The normalized spacial score (nSPS) is 18.8. The Morgan fingerprint density at radius 2 is 1.91 bits per heavy atom. The van der Waals surface area contributed by atoms with Crippen LogP contribution in [0.3, 0.4) is 0 Å². The molecule has 0 amide bonds. The fourth-order valence-electron chi connectivity index (χ4n) is 3.18. The summed E-state index contributed by atoms with van der Waals surface area (Å²) in [6, 6.07) is 11.1. The predicted octanol–water partition coefficient (Wildman–Crippen LogP) is 2.93. The first-order valence-electron chi connectivity index (χ1n) is 8.57. The van der Waals surface area contributed by atoms with Crippen LogP contribution in [-0.2, 0) is 13.1 Å². The minimum atomic E-state index is 0.593. The molecule has 0 bridgehead atoms. The van der Waals surface area contributed by atoms with E-state index in [1.807, 2.05) is 18.5 Å². The SMILES string of the molecule is Cc1ccc(CN(Cc2ccccn2)C2CCCNCC2)nc1. The van der Waals surface area contributed by atoms with Gasteiger partial charge >= 0.3 is 0 Å². The van der Waals surface area contributed by atoms with Crippen LogP contribution in [0.1, 0.15) is 36.2 Å². The smallest absolute Gasteiger partial charge is 0.0544 e. The fourth-order valence-corrected chi connectivity index (χ4v) is 3.18. The standard InChI is InChI=1S/C19H26N4/c1-16-7-8-18(22-13-16)15-23(14-17-5-2-3-11-21-17)19-6-4-10-20-12-9-19/h2-3,5,7-8,11,13,19-20H,4,6,9-10,12,14-15H2,1H3. The van der Waals surface area contributed by atoms with Crippen LogP contribution in [0.5, 0.6) is 0 Å². The summed E-state index contributed by atoms with van der Waals surface area (Å²) in [6.07, 6.45) is 7.52. The number of rotatable bonds is 5. The fraction of sp³-hybridized carbons (Fsp3) is 0.474. The van der Waals surface area contributed by atoms with Crippen molar-refractivity contribution in [1.29, 1.82) is 0 Å². The Balaban J connectivity index is 1.75. The summed E-state index contributed by atoms with van der Waals surface area (Å²) in [6.45, 7) is 6.10. The zero-order valence-corrected chi connectivity index (χ0v) is 13.9. The maximum Gasteiger partial charge on any atom is 0.0544 e. The van der Waals surface area contributed by atoms with Gasteiger partial charge in [-0.2, -0.15) is 0 Å². The van der Waals surface area contributed by atoms with Crippen molar-refractivity contribution in [1.82, 2.24) is 20.2 Å². The molecule has 0 saturated carbocycles. The predicted molar refractivity (Wildman–Crippen MR) is 93.0 cm³/mol. The summed E-state index contributed by atoms with van der Waals surface area (Å²) in [4.78, 5) is 11.7. The molecule has 3 rings (SSSR count). The van der Waals surface area contributed by atoms with Crippen LogP contribution in [-0.4, -0.2) is 34.0 Å².